The predicted molar refractivity (Wildman–Crippen MR) is 81.9 cm³/mol. The Morgan fingerprint density at radius 1 is 1.35 bits per heavy atom. The second kappa shape index (κ2) is 5.38. The lowest BCUT2D eigenvalue weighted by molar-refractivity contribution is 0.132. The first-order valence-electron chi connectivity index (χ1n) is 7.78. The zero-order chi connectivity index (χ0) is 14.2. The van der Waals surface area contributed by atoms with E-state index in [9.17, 15) is 0 Å². The molecular weight excluding hydrogens is 248 g/mol. The van der Waals surface area contributed by atoms with Gasteiger partial charge in [0, 0.05) is 25.2 Å². The molecule has 110 valence electrons. The van der Waals surface area contributed by atoms with Crippen molar-refractivity contribution in [3.05, 3.63) is 29.8 Å². The maximum Gasteiger partial charge on any atom is 0.119 e. The van der Waals surface area contributed by atoms with Gasteiger partial charge in [-0.25, -0.2) is 0 Å². The largest absolute Gasteiger partial charge is 0.494 e. The molecule has 0 radical (unpaired) electrons. The summed E-state index contributed by atoms with van der Waals surface area (Å²) in [6.07, 6.45) is 0. The minimum absolute atomic E-state index is 0.287. The van der Waals surface area contributed by atoms with Crippen LogP contribution in [0.4, 0.5) is 0 Å². The Hall–Kier alpha value is -1.06. The molecular formula is C17H26N2O. The quantitative estimate of drug-likeness (QED) is 0.913. The molecule has 0 spiro atoms. The summed E-state index contributed by atoms with van der Waals surface area (Å²) in [4.78, 5) is 2.65. The van der Waals surface area contributed by atoms with Crippen LogP contribution in [0.2, 0.25) is 0 Å². The molecule has 20 heavy (non-hydrogen) atoms. The highest BCUT2D eigenvalue weighted by Crippen LogP contribution is 2.41. The minimum atomic E-state index is 0.287. The van der Waals surface area contributed by atoms with E-state index in [0.717, 1.165) is 30.7 Å². The van der Waals surface area contributed by atoms with E-state index >= 15 is 0 Å². The van der Waals surface area contributed by atoms with Gasteiger partial charge >= 0.3 is 0 Å². The van der Waals surface area contributed by atoms with Crippen molar-refractivity contribution in [3.8, 4) is 5.75 Å². The average Bonchev–Trinajstić information content (AvgIpc) is 2.95. The number of likely N-dealkylation sites (tertiary alicyclic amines) is 1. The van der Waals surface area contributed by atoms with Crippen LogP contribution in [0, 0.1) is 11.8 Å². The summed E-state index contributed by atoms with van der Waals surface area (Å²) in [5, 5.41) is 3.54. The summed E-state index contributed by atoms with van der Waals surface area (Å²) in [6, 6.07) is 8.55. The van der Waals surface area contributed by atoms with Crippen molar-refractivity contribution in [1.29, 1.82) is 0 Å². The standard InChI is InChI=1S/C17H26N2O/c1-4-20-15-7-5-6-13(8-15)11-19-12-14-9-18-10-16(14)17(19,2)3/h5-8,14,16,18H,4,9-12H2,1-3H3. The second-order valence-corrected chi connectivity index (χ2v) is 6.64. The predicted octanol–water partition coefficient (Wildman–Crippen LogP) is 2.52. The van der Waals surface area contributed by atoms with Crippen LogP contribution in [-0.2, 0) is 6.54 Å². The van der Waals surface area contributed by atoms with E-state index in [4.69, 9.17) is 4.74 Å². The van der Waals surface area contributed by atoms with Crippen LogP contribution in [0.25, 0.3) is 0 Å². The van der Waals surface area contributed by atoms with Gasteiger partial charge in [0.05, 0.1) is 6.61 Å². The molecule has 2 aliphatic heterocycles. The third kappa shape index (κ3) is 2.45. The zero-order valence-corrected chi connectivity index (χ0v) is 12.9. The summed E-state index contributed by atoms with van der Waals surface area (Å²) in [5.41, 5.74) is 1.65. The molecule has 3 rings (SSSR count). The number of ether oxygens (including phenoxy) is 1. The van der Waals surface area contributed by atoms with Crippen molar-refractivity contribution in [3.63, 3.8) is 0 Å². The highest BCUT2D eigenvalue weighted by Gasteiger charge is 2.49. The normalized spacial score (nSPS) is 28.6. The number of fused-ring (bicyclic) bond motifs is 1. The monoisotopic (exact) mass is 274 g/mol. The molecule has 0 aromatic heterocycles. The van der Waals surface area contributed by atoms with E-state index in [1.807, 2.05) is 13.0 Å². The first-order valence-corrected chi connectivity index (χ1v) is 7.78. The smallest absolute Gasteiger partial charge is 0.119 e. The molecule has 1 N–H and O–H groups in total. The van der Waals surface area contributed by atoms with Gasteiger partial charge in [-0.15, -0.1) is 0 Å². The minimum Gasteiger partial charge on any atom is -0.494 e. The molecule has 2 aliphatic rings. The van der Waals surface area contributed by atoms with E-state index in [-0.39, 0.29) is 5.54 Å². The van der Waals surface area contributed by atoms with E-state index < -0.39 is 0 Å². The summed E-state index contributed by atoms with van der Waals surface area (Å²) >= 11 is 0. The van der Waals surface area contributed by atoms with Crippen LogP contribution in [0.1, 0.15) is 26.3 Å². The molecule has 2 heterocycles. The van der Waals surface area contributed by atoms with Gasteiger partial charge < -0.3 is 10.1 Å². The molecule has 3 nitrogen and oxygen atoms in total. The summed E-state index contributed by atoms with van der Waals surface area (Å²) < 4.78 is 5.61. The Morgan fingerprint density at radius 2 is 2.20 bits per heavy atom. The lowest BCUT2D eigenvalue weighted by atomic mass is 9.85. The Kier molecular flexibility index (Phi) is 3.74. The highest BCUT2D eigenvalue weighted by atomic mass is 16.5. The fraction of sp³-hybridized carbons (Fsp3) is 0.647. The Labute approximate surface area is 122 Å². The third-order valence-electron chi connectivity index (χ3n) is 5.10. The van der Waals surface area contributed by atoms with Crippen LogP contribution in [0.3, 0.4) is 0 Å². The first kappa shape index (κ1) is 13.9. The van der Waals surface area contributed by atoms with Gasteiger partial charge in [0.25, 0.3) is 0 Å². The van der Waals surface area contributed by atoms with Crippen molar-refractivity contribution in [1.82, 2.24) is 10.2 Å². The fourth-order valence-electron chi connectivity index (χ4n) is 3.89. The number of nitrogens with zero attached hydrogens (tertiary/aromatic N) is 1. The number of benzene rings is 1. The van der Waals surface area contributed by atoms with Crippen LogP contribution in [-0.4, -0.2) is 36.7 Å². The van der Waals surface area contributed by atoms with Gasteiger partial charge in [0.2, 0.25) is 0 Å². The van der Waals surface area contributed by atoms with Crippen molar-refractivity contribution in [2.24, 2.45) is 11.8 Å². The molecule has 3 heteroatoms. The molecule has 0 amide bonds. The van der Waals surface area contributed by atoms with Crippen molar-refractivity contribution < 1.29 is 4.74 Å². The molecule has 1 aromatic carbocycles. The van der Waals surface area contributed by atoms with Crippen molar-refractivity contribution >= 4 is 0 Å². The second-order valence-electron chi connectivity index (χ2n) is 6.64. The maximum atomic E-state index is 5.61. The van der Waals surface area contributed by atoms with Crippen molar-refractivity contribution in [2.45, 2.75) is 32.9 Å². The van der Waals surface area contributed by atoms with E-state index in [1.54, 1.807) is 0 Å². The van der Waals surface area contributed by atoms with E-state index in [0.29, 0.717) is 0 Å². The Morgan fingerprint density at radius 3 is 2.95 bits per heavy atom. The van der Waals surface area contributed by atoms with Crippen LogP contribution in [0.5, 0.6) is 5.75 Å². The molecule has 2 atom stereocenters. The molecule has 2 saturated heterocycles. The molecule has 2 unspecified atom stereocenters. The lowest BCUT2D eigenvalue weighted by Gasteiger charge is -2.35. The van der Waals surface area contributed by atoms with Gasteiger partial charge in [0.1, 0.15) is 5.75 Å². The van der Waals surface area contributed by atoms with Gasteiger partial charge in [-0.3, -0.25) is 4.90 Å². The molecule has 0 bridgehead atoms. The molecule has 0 saturated carbocycles. The summed E-state index contributed by atoms with van der Waals surface area (Å²) in [6.45, 7) is 12.2. The number of nitrogens with one attached hydrogen (secondary N) is 1. The molecule has 1 aromatic rings. The topological polar surface area (TPSA) is 24.5 Å². The molecule has 2 fully saturated rings. The van der Waals surface area contributed by atoms with Gasteiger partial charge in [-0.2, -0.15) is 0 Å². The van der Waals surface area contributed by atoms with Gasteiger partial charge in [-0.05, 0) is 56.8 Å². The van der Waals surface area contributed by atoms with Gasteiger partial charge in [0.15, 0.2) is 0 Å². The first-order chi connectivity index (χ1) is 9.61. The average molecular weight is 274 g/mol. The molecule has 0 aliphatic carbocycles. The summed E-state index contributed by atoms with van der Waals surface area (Å²) in [5.74, 6) is 2.60. The van der Waals surface area contributed by atoms with Crippen LogP contribution in [0.15, 0.2) is 24.3 Å². The summed E-state index contributed by atoms with van der Waals surface area (Å²) in [7, 11) is 0. The maximum absolute atomic E-state index is 5.61. The van der Waals surface area contributed by atoms with Crippen molar-refractivity contribution in [2.75, 3.05) is 26.2 Å². The highest BCUT2D eigenvalue weighted by molar-refractivity contribution is 5.29. The SMILES string of the molecule is CCOc1cccc(CN2CC3CNCC3C2(C)C)c1. The number of hydrogen-bond acceptors (Lipinski definition) is 3. The van der Waals surface area contributed by atoms with Crippen LogP contribution >= 0.6 is 0 Å². The van der Waals surface area contributed by atoms with Gasteiger partial charge in [-0.1, -0.05) is 12.1 Å². The number of rotatable bonds is 4. The van der Waals surface area contributed by atoms with Crippen LogP contribution < -0.4 is 10.1 Å². The Balaban J connectivity index is 1.73. The fourth-order valence-corrected chi connectivity index (χ4v) is 3.89. The van der Waals surface area contributed by atoms with E-state index in [1.165, 1.54) is 25.2 Å². The Bertz CT molecular complexity index is 472. The lowest BCUT2D eigenvalue weighted by Crippen LogP contribution is -2.43. The zero-order valence-electron chi connectivity index (χ0n) is 12.9. The third-order valence-corrected chi connectivity index (χ3v) is 5.10. The van der Waals surface area contributed by atoms with E-state index in [2.05, 4.69) is 42.3 Å². The number of hydrogen-bond donors (Lipinski definition) is 1.